The molecule has 0 aliphatic carbocycles. The van der Waals surface area contributed by atoms with Gasteiger partial charge in [-0.25, -0.2) is 0 Å². The molecule has 3 heteroatoms. The van der Waals surface area contributed by atoms with Crippen LogP contribution < -0.4 is 0 Å². The van der Waals surface area contributed by atoms with E-state index >= 15 is 0 Å². The van der Waals surface area contributed by atoms with Crippen LogP contribution in [0.15, 0.2) is 24.3 Å². The first-order valence-corrected chi connectivity index (χ1v) is 9.82. The summed E-state index contributed by atoms with van der Waals surface area (Å²) in [6.45, 7) is 11.5. The number of hydrogen-bond donors (Lipinski definition) is 0. The minimum atomic E-state index is 0.180. The molecule has 122 valence electrons. The van der Waals surface area contributed by atoms with Gasteiger partial charge in [-0.3, -0.25) is 0 Å². The number of thiophene rings is 2. The summed E-state index contributed by atoms with van der Waals surface area (Å²) in [4.78, 5) is 5.57. The summed E-state index contributed by atoms with van der Waals surface area (Å²) < 4.78 is 5.42. The zero-order valence-electron chi connectivity index (χ0n) is 14.6. The van der Waals surface area contributed by atoms with E-state index in [2.05, 4.69) is 58.9 Å². The average Bonchev–Trinajstić information content (AvgIpc) is 3.21. The van der Waals surface area contributed by atoms with Crippen LogP contribution in [0.4, 0.5) is 0 Å². The van der Waals surface area contributed by atoms with E-state index in [0.29, 0.717) is 5.92 Å². The molecular weight excluding hydrogens is 308 g/mol. The number of ether oxygens (including phenoxy) is 1. The van der Waals surface area contributed by atoms with Crippen molar-refractivity contribution in [2.45, 2.75) is 59.0 Å². The lowest BCUT2D eigenvalue weighted by atomic mass is 9.73. The molecule has 2 rings (SSSR count). The van der Waals surface area contributed by atoms with Gasteiger partial charge in [-0.1, -0.05) is 34.1 Å². The standard InChI is InChI=1S/C19H28OS2/c1-7-13(3)19(5,8-2)18-12-11-17(22-18)16-10-9-15(21-16)14(4)20-6/h9-14H,7-8H2,1-6H3. The van der Waals surface area contributed by atoms with Gasteiger partial charge >= 0.3 is 0 Å². The van der Waals surface area contributed by atoms with Crippen LogP contribution in [0.1, 0.15) is 63.3 Å². The molecule has 0 fully saturated rings. The van der Waals surface area contributed by atoms with Gasteiger partial charge in [-0.05, 0) is 43.5 Å². The molecule has 0 saturated heterocycles. The van der Waals surface area contributed by atoms with Gasteiger partial charge in [-0.2, -0.15) is 0 Å². The highest BCUT2D eigenvalue weighted by molar-refractivity contribution is 7.22. The van der Waals surface area contributed by atoms with Crippen LogP contribution in [0.3, 0.4) is 0 Å². The Morgan fingerprint density at radius 1 is 1.05 bits per heavy atom. The minimum absolute atomic E-state index is 0.180. The Kier molecular flexibility index (Phi) is 5.87. The van der Waals surface area contributed by atoms with Gasteiger partial charge in [0.2, 0.25) is 0 Å². The largest absolute Gasteiger partial charge is 0.376 e. The van der Waals surface area contributed by atoms with E-state index in [-0.39, 0.29) is 11.5 Å². The van der Waals surface area contributed by atoms with E-state index in [1.54, 1.807) is 7.11 Å². The molecule has 0 N–H and O–H groups in total. The average molecular weight is 337 g/mol. The maximum Gasteiger partial charge on any atom is 0.0885 e. The zero-order chi connectivity index (χ0) is 16.3. The second-order valence-corrected chi connectivity index (χ2v) is 8.52. The van der Waals surface area contributed by atoms with Gasteiger partial charge in [0.05, 0.1) is 6.10 Å². The van der Waals surface area contributed by atoms with E-state index in [1.165, 1.54) is 32.4 Å². The summed E-state index contributed by atoms with van der Waals surface area (Å²) in [6.07, 6.45) is 2.60. The summed E-state index contributed by atoms with van der Waals surface area (Å²) >= 11 is 3.81. The molecule has 2 aromatic rings. The van der Waals surface area contributed by atoms with E-state index in [0.717, 1.165) is 0 Å². The molecule has 3 atom stereocenters. The lowest BCUT2D eigenvalue weighted by Crippen LogP contribution is -2.28. The van der Waals surface area contributed by atoms with Crippen molar-refractivity contribution in [2.75, 3.05) is 7.11 Å². The maximum atomic E-state index is 5.42. The van der Waals surface area contributed by atoms with Gasteiger partial charge in [0.1, 0.15) is 0 Å². The monoisotopic (exact) mass is 336 g/mol. The Morgan fingerprint density at radius 2 is 1.68 bits per heavy atom. The van der Waals surface area contributed by atoms with Crippen LogP contribution in [-0.4, -0.2) is 7.11 Å². The predicted molar refractivity (Wildman–Crippen MR) is 100 cm³/mol. The van der Waals surface area contributed by atoms with Crippen LogP contribution in [0.2, 0.25) is 0 Å². The summed E-state index contributed by atoms with van der Waals surface area (Å²) in [5, 5.41) is 0. The first-order valence-electron chi connectivity index (χ1n) is 8.19. The molecule has 0 radical (unpaired) electrons. The van der Waals surface area contributed by atoms with Crippen LogP contribution in [0.25, 0.3) is 9.75 Å². The quantitative estimate of drug-likeness (QED) is 0.534. The maximum absolute atomic E-state index is 5.42. The first-order chi connectivity index (χ1) is 10.5. The molecule has 0 saturated carbocycles. The summed E-state index contributed by atoms with van der Waals surface area (Å²) in [5.74, 6) is 0.705. The normalized spacial score (nSPS) is 17.2. The molecule has 0 amide bonds. The lowest BCUT2D eigenvalue weighted by Gasteiger charge is -2.33. The lowest BCUT2D eigenvalue weighted by molar-refractivity contribution is 0.122. The third-order valence-corrected chi connectivity index (χ3v) is 8.03. The Labute approximate surface area is 143 Å². The van der Waals surface area contributed by atoms with Crippen LogP contribution in [0, 0.1) is 5.92 Å². The number of hydrogen-bond acceptors (Lipinski definition) is 3. The number of rotatable bonds is 7. The smallest absolute Gasteiger partial charge is 0.0885 e. The van der Waals surface area contributed by atoms with Gasteiger partial charge < -0.3 is 4.74 Å². The van der Waals surface area contributed by atoms with Gasteiger partial charge in [0.25, 0.3) is 0 Å². The SMILES string of the molecule is CCC(C)C(C)(CC)c1ccc(-c2ccc(C(C)OC)s2)s1. The molecule has 0 aromatic carbocycles. The van der Waals surface area contributed by atoms with E-state index in [9.17, 15) is 0 Å². The zero-order valence-corrected chi connectivity index (χ0v) is 16.2. The van der Waals surface area contributed by atoms with E-state index < -0.39 is 0 Å². The fraction of sp³-hybridized carbons (Fsp3) is 0.579. The topological polar surface area (TPSA) is 9.23 Å². The Hall–Kier alpha value is -0.640. The van der Waals surface area contributed by atoms with Gasteiger partial charge in [0.15, 0.2) is 0 Å². The van der Waals surface area contributed by atoms with Crippen molar-refractivity contribution >= 4 is 22.7 Å². The molecule has 22 heavy (non-hydrogen) atoms. The van der Waals surface area contributed by atoms with Gasteiger partial charge in [-0.15, -0.1) is 22.7 Å². The Morgan fingerprint density at radius 3 is 2.27 bits per heavy atom. The fourth-order valence-corrected chi connectivity index (χ4v) is 5.28. The van der Waals surface area contributed by atoms with Crippen molar-refractivity contribution in [3.63, 3.8) is 0 Å². The highest BCUT2D eigenvalue weighted by Gasteiger charge is 2.31. The van der Waals surface area contributed by atoms with Crippen LogP contribution >= 0.6 is 22.7 Å². The van der Waals surface area contributed by atoms with Gasteiger partial charge in [0, 0.05) is 32.0 Å². The Bertz CT molecular complexity index is 598. The summed E-state index contributed by atoms with van der Waals surface area (Å²) in [6, 6.07) is 9.07. The van der Waals surface area contributed by atoms with Crippen molar-refractivity contribution < 1.29 is 4.74 Å². The molecule has 1 nitrogen and oxygen atoms in total. The summed E-state index contributed by atoms with van der Waals surface area (Å²) in [5.41, 5.74) is 0.289. The molecule has 2 aromatic heterocycles. The van der Waals surface area contributed by atoms with E-state index in [1.807, 2.05) is 22.7 Å². The van der Waals surface area contributed by atoms with Crippen LogP contribution in [0.5, 0.6) is 0 Å². The van der Waals surface area contributed by atoms with Crippen LogP contribution in [-0.2, 0) is 10.2 Å². The van der Waals surface area contributed by atoms with E-state index in [4.69, 9.17) is 4.74 Å². The molecule has 0 aliphatic heterocycles. The van der Waals surface area contributed by atoms with Crippen molar-refractivity contribution in [1.29, 1.82) is 0 Å². The molecule has 0 spiro atoms. The fourth-order valence-electron chi connectivity index (χ4n) is 2.81. The van der Waals surface area contributed by atoms with Crippen molar-refractivity contribution in [1.82, 2.24) is 0 Å². The molecule has 0 bridgehead atoms. The number of methoxy groups -OCH3 is 1. The van der Waals surface area contributed by atoms with Crippen molar-refractivity contribution in [3.8, 4) is 9.75 Å². The second-order valence-electron chi connectivity index (χ2n) is 6.32. The van der Waals surface area contributed by atoms with Crippen molar-refractivity contribution in [3.05, 3.63) is 34.0 Å². The Balaban J connectivity index is 2.29. The highest BCUT2D eigenvalue weighted by atomic mass is 32.1. The molecule has 3 unspecified atom stereocenters. The third-order valence-electron chi connectivity index (χ3n) is 5.23. The molecule has 2 heterocycles. The second kappa shape index (κ2) is 7.29. The highest BCUT2D eigenvalue weighted by Crippen LogP contribution is 2.44. The summed E-state index contributed by atoms with van der Waals surface area (Å²) in [7, 11) is 1.77. The first kappa shape index (κ1) is 17.7. The third kappa shape index (κ3) is 3.32. The van der Waals surface area contributed by atoms with Crippen molar-refractivity contribution in [2.24, 2.45) is 5.92 Å². The molecular formula is C19H28OS2. The minimum Gasteiger partial charge on any atom is -0.376 e. The molecule has 0 aliphatic rings. The predicted octanol–water partition coefficient (Wildman–Crippen LogP) is 6.90.